The minimum absolute atomic E-state index is 0.258. The van der Waals surface area contributed by atoms with Crippen LogP contribution in [-0.4, -0.2) is 19.0 Å². The molecule has 0 radical (unpaired) electrons. The summed E-state index contributed by atoms with van der Waals surface area (Å²) in [5.74, 6) is -1.31. The number of hydrogen-bond acceptors (Lipinski definition) is 1. The molecule has 0 fully saturated rings. The minimum atomic E-state index is -2.44. The highest BCUT2D eigenvalue weighted by Crippen LogP contribution is 2.08. The molecule has 0 aliphatic rings. The fraction of sp³-hybridized carbons (Fsp3) is 0.455. The topological polar surface area (TPSA) is 12.0 Å². The summed E-state index contributed by atoms with van der Waals surface area (Å²) in [6.07, 6.45) is -2.13. The van der Waals surface area contributed by atoms with Gasteiger partial charge in [-0.15, -0.1) is 0 Å². The van der Waals surface area contributed by atoms with Crippen molar-refractivity contribution in [3.05, 3.63) is 35.4 Å². The number of alkyl halides is 2. The third-order valence-electron chi connectivity index (χ3n) is 2.18. The maximum Gasteiger partial charge on any atom is 0.253 e. The molecule has 1 rings (SSSR count). The van der Waals surface area contributed by atoms with Crippen LogP contribution in [-0.2, 0) is 6.42 Å². The number of hydrogen-bond donors (Lipinski definition) is 1. The van der Waals surface area contributed by atoms with Crippen molar-refractivity contribution in [2.75, 3.05) is 6.54 Å². The van der Waals surface area contributed by atoms with E-state index in [1.165, 1.54) is 19.1 Å². The first-order valence-electron chi connectivity index (χ1n) is 4.95. The summed E-state index contributed by atoms with van der Waals surface area (Å²) in [7, 11) is 0. The standard InChI is InChI=1S/C11H13F4N/c1-7(11(14)15)16-3-2-8-4-9(12)6-10(13)5-8/h4-7,11,16H,2-3H2,1H3. The first-order valence-corrected chi connectivity index (χ1v) is 4.95. The molecule has 16 heavy (non-hydrogen) atoms. The summed E-state index contributed by atoms with van der Waals surface area (Å²) in [6, 6.07) is 2.24. The average Bonchev–Trinajstić information content (AvgIpc) is 2.15. The van der Waals surface area contributed by atoms with Gasteiger partial charge in [0.05, 0.1) is 6.04 Å². The van der Waals surface area contributed by atoms with E-state index in [1.54, 1.807) is 0 Å². The van der Waals surface area contributed by atoms with Crippen LogP contribution in [0.25, 0.3) is 0 Å². The molecule has 1 aromatic rings. The van der Waals surface area contributed by atoms with E-state index < -0.39 is 24.1 Å². The molecular formula is C11H13F4N. The number of rotatable bonds is 5. The molecule has 1 aromatic carbocycles. The van der Waals surface area contributed by atoms with Crippen LogP contribution in [0.2, 0.25) is 0 Å². The summed E-state index contributed by atoms with van der Waals surface area (Å²) in [6.45, 7) is 1.62. The van der Waals surface area contributed by atoms with Gasteiger partial charge < -0.3 is 5.32 Å². The van der Waals surface area contributed by atoms with Crippen LogP contribution in [0.15, 0.2) is 18.2 Å². The molecule has 0 spiro atoms. The van der Waals surface area contributed by atoms with E-state index in [9.17, 15) is 17.6 Å². The lowest BCUT2D eigenvalue weighted by molar-refractivity contribution is 0.106. The summed E-state index contributed by atoms with van der Waals surface area (Å²) in [5, 5.41) is 2.57. The molecule has 1 N–H and O–H groups in total. The summed E-state index contributed by atoms with van der Waals surface area (Å²) in [4.78, 5) is 0. The molecule has 1 unspecified atom stereocenters. The second kappa shape index (κ2) is 5.84. The Hall–Kier alpha value is -1.10. The zero-order valence-electron chi connectivity index (χ0n) is 8.81. The van der Waals surface area contributed by atoms with Crippen molar-refractivity contribution in [2.24, 2.45) is 0 Å². The molecule has 0 aromatic heterocycles. The fourth-order valence-corrected chi connectivity index (χ4v) is 1.29. The van der Waals surface area contributed by atoms with Gasteiger partial charge in [0.1, 0.15) is 11.6 Å². The maximum absolute atomic E-state index is 12.8. The SMILES string of the molecule is CC(NCCc1cc(F)cc(F)c1)C(F)F. The van der Waals surface area contributed by atoms with E-state index in [-0.39, 0.29) is 6.54 Å². The lowest BCUT2D eigenvalue weighted by Gasteiger charge is -2.12. The highest BCUT2D eigenvalue weighted by Gasteiger charge is 2.12. The largest absolute Gasteiger partial charge is 0.309 e. The summed E-state index contributed by atoms with van der Waals surface area (Å²) >= 11 is 0. The Bertz CT molecular complexity index is 321. The van der Waals surface area contributed by atoms with Gasteiger partial charge in [-0.3, -0.25) is 0 Å². The highest BCUT2D eigenvalue weighted by atomic mass is 19.3. The predicted octanol–water partition coefficient (Wildman–Crippen LogP) is 2.75. The molecule has 0 aliphatic heterocycles. The second-order valence-corrected chi connectivity index (χ2v) is 3.60. The van der Waals surface area contributed by atoms with Gasteiger partial charge in [-0.25, -0.2) is 17.6 Å². The molecule has 5 heteroatoms. The zero-order chi connectivity index (χ0) is 12.1. The predicted molar refractivity (Wildman–Crippen MR) is 53.5 cm³/mol. The van der Waals surface area contributed by atoms with Gasteiger partial charge in [-0.2, -0.15) is 0 Å². The van der Waals surface area contributed by atoms with Crippen LogP contribution in [0, 0.1) is 11.6 Å². The van der Waals surface area contributed by atoms with E-state index in [0.29, 0.717) is 12.0 Å². The first-order chi connectivity index (χ1) is 7.49. The van der Waals surface area contributed by atoms with Crippen LogP contribution in [0.5, 0.6) is 0 Å². The van der Waals surface area contributed by atoms with Crippen LogP contribution in [0.4, 0.5) is 17.6 Å². The highest BCUT2D eigenvalue weighted by molar-refractivity contribution is 5.18. The van der Waals surface area contributed by atoms with Gasteiger partial charge in [0, 0.05) is 6.07 Å². The number of benzene rings is 1. The molecule has 0 heterocycles. The lowest BCUT2D eigenvalue weighted by Crippen LogP contribution is -2.34. The molecule has 0 bridgehead atoms. The van der Waals surface area contributed by atoms with Crippen molar-refractivity contribution < 1.29 is 17.6 Å². The van der Waals surface area contributed by atoms with Gasteiger partial charge in [0.2, 0.25) is 0 Å². The van der Waals surface area contributed by atoms with E-state index in [2.05, 4.69) is 5.32 Å². The number of nitrogens with one attached hydrogen (secondary N) is 1. The normalized spacial score (nSPS) is 13.1. The molecule has 0 amide bonds. The van der Waals surface area contributed by atoms with Crippen LogP contribution < -0.4 is 5.32 Å². The van der Waals surface area contributed by atoms with Crippen molar-refractivity contribution in [3.63, 3.8) is 0 Å². The Morgan fingerprint density at radius 2 is 1.69 bits per heavy atom. The van der Waals surface area contributed by atoms with E-state index in [0.717, 1.165) is 6.07 Å². The second-order valence-electron chi connectivity index (χ2n) is 3.60. The molecular weight excluding hydrogens is 222 g/mol. The summed E-state index contributed by atoms with van der Waals surface area (Å²) in [5.41, 5.74) is 0.450. The quantitative estimate of drug-likeness (QED) is 0.774. The van der Waals surface area contributed by atoms with E-state index in [4.69, 9.17) is 0 Å². The summed E-state index contributed by atoms with van der Waals surface area (Å²) < 4.78 is 49.7. The maximum atomic E-state index is 12.8. The molecule has 90 valence electrons. The third kappa shape index (κ3) is 4.18. The van der Waals surface area contributed by atoms with Crippen molar-refractivity contribution >= 4 is 0 Å². The Kier molecular flexibility index (Phi) is 4.73. The Labute approximate surface area is 91.5 Å². The van der Waals surface area contributed by atoms with Crippen LogP contribution >= 0.6 is 0 Å². The molecule has 1 atom stereocenters. The number of halogens is 4. The third-order valence-corrected chi connectivity index (χ3v) is 2.18. The average molecular weight is 235 g/mol. The van der Waals surface area contributed by atoms with Gasteiger partial charge in [-0.05, 0) is 37.6 Å². The van der Waals surface area contributed by atoms with Gasteiger partial charge >= 0.3 is 0 Å². The Balaban J connectivity index is 2.43. The smallest absolute Gasteiger partial charge is 0.253 e. The van der Waals surface area contributed by atoms with E-state index in [1.807, 2.05) is 0 Å². The van der Waals surface area contributed by atoms with Crippen LogP contribution in [0.1, 0.15) is 12.5 Å². The van der Waals surface area contributed by atoms with Gasteiger partial charge in [0.25, 0.3) is 6.43 Å². The van der Waals surface area contributed by atoms with Gasteiger partial charge in [-0.1, -0.05) is 0 Å². The Morgan fingerprint density at radius 1 is 1.12 bits per heavy atom. The molecule has 1 nitrogen and oxygen atoms in total. The Morgan fingerprint density at radius 3 is 2.19 bits per heavy atom. The van der Waals surface area contributed by atoms with Crippen molar-refractivity contribution in [1.82, 2.24) is 5.32 Å². The molecule has 0 aliphatic carbocycles. The molecule has 0 saturated heterocycles. The van der Waals surface area contributed by atoms with Crippen molar-refractivity contribution in [1.29, 1.82) is 0 Å². The van der Waals surface area contributed by atoms with E-state index >= 15 is 0 Å². The molecule has 0 saturated carbocycles. The van der Waals surface area contributed by atoms with Gasteiger partial charge in [0.15, 0.2) is 0 Å². The lowest BCUT2D eigenvalue weighted by atomic mass is 10.1. The monoisotopic (exact) mass is 235 g/mol. The minimum Gasteiger partial charge on any atom is -0.309 e. The van der Waals surface area contributed by atoms with Crippen molar-refractivity contribution in [3.8, 4) is 0 Å². The van der Waals surface area contributed by atoms with Crippen LogP contribution in [0.3, 0.4) is 0 Å². The van der Waals surface area contributed by atoms with Crippen molar-refractivity contribution in [2.45, 2.75) is 25.8 Å². The fourth-order valence-electron chi connectivity index (χ4n) is 1.29. The zero-order valence-corrected chi connectivity index (χ0v) is 8.81. The first kappa shape index (κ1) is 13.0.